The predicted octanol–water partition coefficient (Wildman–Crippen LogP) is 3.30. The van der Waals surface area contributed by atoms with Crippen molar-refractivity contribution in [3.8, 4) is 0 Å². The molecule has 0 atom stereocenters. The highest BCUT2D eigenvalue weighted by Crippen LogP contribution is 2.37. The molecule has 0 bridgehead atoms. The van der Waals surface area contributed by atoms with Gasteiger partial charge in [-0.3, -0.25) is 0 Å². The SMILES string of the molecule is C=Cc1nc(C2(OCC)CCCCCC2)no1. The standard InChI is InChI=1S/C13H20N2O2/c1-3-11-14-12(15-17-11)13(16-4-2)9-7-5-6-8-10-13/h3H,1,4-10H2,2H3. The Morgan fingerprint density at radius 3 is 2.59 bits per heavy atom. The Morgan fingerprint density at radius 1 is 1.35 bits per heavy atom. The van der Waals surface area contributed by atoms with Crippen LogP contribution in [0.4, 0.5) is 0 Å². The van der Waals surface area contributed by atoms with Gasteiger partial charge in [-0.15, -0.1) is 0 Å². The van der Waals surface area contributed by atoms with Gasteiger partial charge in [-0.25, -0.2) is 0 Å². The molecule has 4 heteroatoms. The summed E-state index contributed by atoms with van der Waals surface area (Å²) >= 11 is 0. The summed E-state index contributed by atoms with van der Waals surface area (Å²) in [4.78, 5) is 4.36. The Bertz CT molecular complexity index is 365. The molecule has 0 N–H and O–H groups in total. The van der Waals surface area contributed by atoms with Crippen LogP contribution in [0, 0.1) is 0 Å². The molecule has 1 aliphatic rings. The van der Waals surface area contributed by atoms with Crippen LogP contribution in [0.2, 0.25) is 0 Å². The van der Waals surface area contributed by atoms with Crippen LogP contribution in [-0.4, -0.2) is 16.7 Å². The molecule has 1 heterocycles. The summed E-state index contributed by atoms with van der Waals surface area (Å²) < 4.78 is 11.1. The Hall–Kier alpha value is -1.16. The lowest BCUT2D eigenvalue weighted by atomic mass is 9.93. The third kappa shape index (κ3) is 2.57. The molecule has 4 nitrogen and oxygen atoms in total. The number of hydrogen-bond donors (Lipinski definition) is 0. The number of aromatic nitrogens is 2. The molecule has 0 spiro atoms. The van der Waals surface area contributed by atoms with Gasteiger partial charge in [0.2, 0.25) is 11.7 Å². The average molecular weight is 236 g/mol. The number of nitrogens with zero attached hydrogens (tertiary/aromatic N) is 2. The van der Waals surface area contributed by atoms with Crippen LogP contribution < -0.4 is 0 Å². The van der Waals surface area contributed by atoms with Crippen molar-refractivity contribution in [2.75, 3.05) is 6.61 Å². The topological polar surface area (TPSA) is 48.2 Å². The van der Waals surface area contributed by atoms with Gasteiger partial charge in [0.05, 0.1) is 0 Å². The van der Waals surface area contributed by atoms with E-state index in [9.17, 15) is 0 Å². The van der Waals surface area contributed by atoms with Crippen LogP contribution in [-0.2, 0) is 10.3 Å². The first-order valence-electron chi connectivity index (χ1n) is 6.41. The van der Waals surface area contributed by atoms with E-state index in [0.29, 0.717) is 18.3 Å². The zero-order valence-corrected chi connectivity index (χ0v) is 10.4. The predicted molar refractivity (Wildman–Crippen MR) is 65.4 cm³/mol. The van der Waals surface area contributed by atoms with Gasteiger partial charge in [0, 0.05) is 6.61 Å². The Labute approximate surface area is 102 Å². The van der Waals surface area contributed by atoms with E-state index in [4.69, 9.17) is 9.26 Å². The van der Waals surface area contributed by atoms with Crippen molar-refractivity contribution in [2.24, 2.45) is 0 Å². The van der Waals surface area contributed by atoms with E-state index in [1.807, 2.05) is 6.92 Å². The number of hydrogen-bond acceptors (Lipinski definition) is 4. The van der Waals surface area contributed by atoms with Crippen LogP contribution in [0.1, 0.15) is 57.2 Å². The van der Waals surface area contributed by atoms with Crippen molar-refractivity contribution in [1.29, 1.82) is 0 Å². The maximum Gasteiger partial charge on any atom is 0.250 e. The van der Waals surface area contributed by atoms with Gasteiger partial charge < -0.3 is 9.26 Å². The Morgan fingerprint density at radius 2 is 2.06 bits per heavy atom. The fourth-order valence-corrected chi connectivity index (χ4v) is 2.51. The minimum atomic E-state index is -0.337. The molecule has 0 radical (unpaired) electrons. The summed E-state index contributed by atoms with van der Waals surface area (Å²) in [5.41, 5.74) is -0.337. The molecule has 1 aliphatic carbocycles. The van der Waals surface area contributed by atoms with Gasteiger partial charge >= 0.3 is 0 Å². The molecule has 2 rings (SSSR count). The van der Waals surface area contributed by atoms with E-state index in [0.717, 1.165) is 25.7 Å². The first kappa shape index (κ1) is 12.3. The normalized spacial score (nSPS) is 19.8. The molecule has 0 saturated heterocycles. The lowest BCUT2D eigenvalue weighted by molar-refractivity contribution is -0.0636. The number of rotatable bonds is 4. The monoisotopic (exact) mass is 236 g/mol. The highest BCUT2D eigenvalue weighted by atomic mass is 16.5. The van der Waals surface area contributed by atoms with Crippen molar-refractivity contribution in [3.05, 3.63) is 18.3 Å². The van der Waals surface area contributed by atoms with Crippen LogP contribution in [0.25, 0.3) is 6.08 Å². The summed E-state index contributed by atoms with van der Waals surface area (Å²) in [5.74, 6) is 1.17. The highest BCUT2D eigenvalue weighted by Gasteiger charge is 2.38. The summed E-state index contributed by atoms with van der Waals surface area (Å²) in [6, 6.07) is 0. The van der Waals surface area contributed by atoms with Gasteiger partial charge in [0.1, 0.15) is 5.60 Å². The van der Waals surface area contributed by atoms with Gasteiger partial charge in [0.15, 0.2) is 0 Å². The minimum absolute atomic E-state index is 0.337. The maximum atomic E-state index is 5.98. The molecule has 1 fully saturated rings. The van der Waals surface area contributed by atoms with Gasteiger partial charge in [-0.05, 0) is 25.8 Å². The van der Waals surface area contributed by atoms with E-state index in [2.05, 4.69) is 16.7 Å². The van der Waals surface area contributed by atoms with E-state index < -0.39 is 0 Å². The molecule has 0 unspecified atom stereocenters. The van der Waals surface area contributed by atoms with Gasteiger partial charge in [-0.1, -0.05) is 37.4 Å². The molecule has 0 aromatic carbocycles. The summed E-state index contributed by atoms with van der Waals surface area (Å²) in [7, 11) is 0. The second-order valence-electron chi connectivity index (χ2n) is 4.50. The lowest BCUT2D eigenvalue weighted by Crippen LogP contribution is -2.30. The molecule has 1 aromatic rings. The highest BCUT2D eigenvalue weighted by molar-refractivity contribution is 5.33. The van der Waals surface area contributed by atoms with Crippen molar-refractivity contribution < 1.29 is 9.26 Å². The fraction of sp³-hybridized carbons (Fsp3) is 0.692. The third-order valence-corrected chi connectivity index (χ3v) is 3.36. The van der Waals surface area contributed by atoms with Crippen molar-refractivity contribution >= 4 is 6.08 Å². The van der Waals surface area contributed by atoms with Crippen molar-refractivity contribution in [3.63, 3.8) is 0 Å². The van der Waals surface area contributed by atoms with Crippen molar-refractivity contribution in [2.45, 2.75) is 51.0 Å². The van der Waals surface area contributed by atoms with Gasteiger partial charge in [-0.2, -0.15) is 4.98 Å². The third-order valence-electron chi connectivity index (χ3n) is 3.36. The molecular formula is C13H20N2O2. The first-order valence-corrected chi connectivity index (χ1v) is 6.41. The Kier molecular flexibility index (Phi) is 3.94. The lowest BCUT2D eigenvalue weighted by Gasteiger charge is -2.29. The molecule has 17 heavy (non-hydrogen) atoms. The Balaban J connectivity index is 2.27. The molecule has 0 amide bonds. The van der Waals surface area contributed by atoms with E-state index >= 15 is 0 Å². The summed E-state index contributed by atoms with van der Waals surface area (Å²) in [6.07, 6.45) is 8.40. The van der Waals surface area contributed by atoms with Crippen LogP contribution in [0.3, 0.4) is 0 Å². The molecule has 1 saturated carbocycles. The molecule has 94 valence electrons. The summed E-state index contributed by atoms with van der Waals surface area (Å²) in [5, 5.41) is 4.06. The smallest absolute Gasteiger partial charge is 0.250 e. The first-order chi connectivity index (χ1) is 8.30. The van der Waals surface area contributed by atoms with E-state index in [1.54, 1.807) is 6.08 Å². The van der Waals surface area contributed by atoms with E-state index in [1.165, 1.54) is 12.8 Å². The maximum absolute atomic E-state index is 5.98. The molecular weight excluding hydrogens is 216 g/mol. The average Bonchev–Trinajstić information content (AvgIpc) is 2.71. The second kappa shape index (κ2) is 5.45. The second-order valence-corrected chi connectivity index (χ2v) is 4.50. The molecule has 0 aliphatic heterocycles. The van der Waals surface area contributed by atoms with Crippen LogP contribution in [0.5, 0.6) is 0 Å². The largest absolute Gasteiger partial charge is 0.367 e. The number of ether oxygens (including phenoxy) is 1. The molecule has 1 aromatic heterocycles. The van der Waals surface area contributed by atoms with Crippen LogP contribution >= 0.6 is 0 Å². The zero-order valence-electron chi connectivity index (χ0n) is 10.4. The van der Waals surface area contributed by atoms with Gasteiger partial charge in [0.25, 0.3) is 0 Å². The van der Waals surface area contributed by atoms with Crippen molar-refractivity contribution in [1.82, 2.24) is 10.1 Å². The minimum Gasteiger partial charge on any atom is -0.367 e. The quantitative estimate of drug-likeness (QED) is 0.752. The zero-order chi connectivity index (χ0) is 12.1. The van der Waals surface area contributed by atoms with Crippen LogP contribution in [0.15, 0.2) is 11.1 Å². The van der Waals surface area contributed by atoms with E-state index in [-0.39, 0.29) is 5.60 Å². The fourth-order valence-electron chi connectivity index (χ4n) is 2.51. The summed E-state index contributed by atoms with van der Waals surface area (Å²) in [6.45, 7) is 6.33.